The standard InChI is InChI=1S/C20H30N4O3/c1-22(2)12-17-14-27-18-6-4-3-5-16(18)11-24(17)19(25)13-23-9-7-15(8-10-23)20(21)26/h3-6,15,17H,7-14H2,1-2H3,(H2,21,26). The Balaban J connectivity index is 1.68. The fraction of sp³-hybridized carbons (Fsp3) is 0.600. The number of piperidine rings is 1. The maximum absolute atomic E-state index is 13.2. The molecule has 1 unspecified atom stereocenters. The third-order valence-corrected chi connectivity index (χ3v) is 5.43. The Morgan fingerprint density at radius 2 is 1.93 bits per heavy atom. The van der Waals surface area contributed by atoms with Gasteiger partial charge in [-0.3, -0.25) is 14.5 Å². The summed E-state index contributed by atoms with van der Waals surface area (Å²) >= 11 is 0. The van der Waals surface area contributed by atoms with Crippen molar-refractivity contribution in [2.45, 2.75) is 25.4 Å². The molecular formula is C20H30N4O3. The molecule has 1 aromatic carbocycles. The first-order valence-corrected chi connectivity index (χ1v) is 9.60. The number of carbonyl (C=O) groups is 2. The van der Waals surface area contributed by atoms with Crippen LogP contribution in [-0.4, -0.2) is 79.4 Å². The summed E-state index contributed by atoms with van der Waals surface area (Å²) in [6.45, 7) is 3.65. The third kappa shape index (κ3) is 4.99. The van der Waals surface area contributed by atoms with Gasteiger partial charge in [-0.1, -0.05) is 18.2 Å². The van der Waals surface area contributed by atoms with Crippen LogP contribution in [0.1, 0.15) is 18.4 Å². The van der Waals surface area contributed by atoms with Crippen molar-refractivity contribution in [3.8, 4) is 5.75 Å². The number of fused-ring (bicyclic) bond motifs is 1. The predicted molar refractivity (Wildman–Crippen MR) is 103 cm³/mol. The van der Waals surface area contributed by atoms with Crippen molar-refractivity contribution in [3.63, 3.8) is 0 Å². The van der Waals surface area contributed by atoms with Gasteiger partial charge < -0.3 is 20.3 Å². The van der Waals surface area contributed by atoms with E-state index in [1.54, 1.807) is 0 Å². The first kappa shape index (κ1) is 19.6. The van der Waals surface area contributed by atoms with Crippen LogP contribution >= 0.6 is 0 Å². The van der Waals surface area contributed by atoms with E-state index in [0.717, 1.165) is 43.8 Å². The van der Waals surface area contributed by atoms with Gasteiger partial charge in [0, 0.05) is 24.6 Å². The minimum absolute atomic E-state index is 0.00283. The van der Waals surface area contributed by atoms with Crippen LogP contribution in [0, 0.1) is 5.92 Å². The van der Waals surface area contributed by atoms with E-state index in [4.69, 9.17) is 10.5 Å². The second kappa shape index (κ2) is 8.71. The van der Waals surface area contributed by atoms with E-state index in [-0.39, 0.29) is 23.8 Å². The van der Waals surface area contributed by atoms with Crippen molar-refractivity contribution in [1.82, 2.24) is 14.7 Å². The van der Waals surface area contributed by atoms with Crippen LogP contribution < -0.4 is 10.5 Å². The number of para-hydroxylation sites is 1. The number of ether oxygens (including phenoxy) is 1. The molecule has 2 heterocycles. The number of nitrogens with two attached hydrogens (primary N) is 1. The molecule has 2 aliphatic heterocycles. The number of likely N-dealkylation sites (N-methyl/N-ethyl adjacent to an activating group) is 1. The molecule has 0 aromatic heterocycles. The number of amides is 2. The Morgan fingerprint density at radius 1 is 1.22 bits per heavy atom. The Kier molecular flexibility index (Phi) is 6.34. The summed E-state index contributed by atoms with van der Waals surface area (Å²) in [6, 6.07) is 7.92. The van der Waals surface area contributed by atoms with Crippen LogP contribution in [0.5, 0.6) is 5.75 Å². The van der Waals surface area contributed by atoms with Gasteiger partial charge in [-0.05, 0) is 46.1 Å². The lowest BCUT2D eigenvalue weighted by Crippen LogP contribution is -2.51. The Morgan fingerprint density at radius 3 is 2.59 bits per heavy atom. The van der Waals surface area contributed by atoms with Gasteiger partial charge in [0.05, 0.1) is 12.6 Å². The molecule has 3 rings (SSSR count). The average Bonchev–Trinajstić information content (AvgIpc) is 2.81. The smallest absolute Gasteiger partial charge is 0.237 e. The third-order valence-electron chi connectivity index (χ3n) is 5.43. The molecule has 0 radical (unpaired) electrons. The van der Waals surface area contributed by atoms with E-state index in [0.29, 0.717) is 19.7 Å². The van der Waals surface area contributed by atoms with Gasteiger partial charge in [-0.25, -0.2) is 0 Å². The second-order valence-corrected chi connectivity index (χ2v) is 7.81. The number of rotatable bonds is 5. The molecule has 0 spiro atoms. The summed E-state index contributed by atoms with van der Waals surface area (Å²) in [5.74, 6) is 0.683. The van der Waals surface area contributed by atoms with E-state index < -0.39 is 0 Å². The lowest BCUT2D eigenvalue weighted by Gasteiger charge is -2.35. The van der Waals surface area contributed by atoms with Crippen molar-refractivity contribution < 1.29 is 14.3 Å². The largest absolute Gasteiger partial charge is 0.491 e. The van der Waals surface area contributed by atoms with Crippen molar-refractivity contribution in [3.05, 3.63) is 29.8 Å². The maximum Gasteiger partial charge on any atom is 0.237 e. The first-order chi connectivity index (χ1) is 12.9. The number of carbonyl (C=O) groups excluding carboxylic acids is 2. The Labute approximate surface area is 161 Å². The number of benzene rings is 1. The number of nitrogens with zero attached hydrogens (tertiary/aromatic N) is 3. The van der Waals surface area contributed by atoms with Crippen LogP contribution in [0.2, 0.25) is 0 Å². The summed E-state index contributed by atoms with van der Waals surface area (Å²) in [5.41, 5.74) is 6.45. The number of hydrogen-bond donors (Lipinski definition) is 1. The van der Waals surface area contributed by atoms with Crippen molar-refractivity contribution >= 4 is 11.8 Å². The molecule has 1 atom stereocenters. The summed E-state index contributed by atoms with van der Waals surface area (Å²) in [6.07, 6.45) is 1.46. The molecule has 1 aromatic rings. The SMILES string of the molecule is CN(C)CC1COc2ccccc2CN1C(=O)CN1CCC(C(N)=O)CC1. The van der Waals surface area contributed by atoms with Crippen molar-refractivity contribution in [2.75, 3.05) is 46.9 Å². The Hall–Kier alpha value is -2.12. The topological polar surface area (TPSA) is 79.1 Å². The number of likely N-dealkylation sites (tertiary alicyclic amines) is 1. The molecule has 0 saturated carbocycles. The van der Waals surface area contributed by atoms with E-state index in [1.807, 2.05) is 43.3 Å². The lowest BCUT2D eigenvalue weighted by molar-refractivity contribution is -0.136. The predicted octanol–water partition coefficient (Wildman–Crippen LogP) is 0.535. The zero-order valence-corrected chi connectivity index (χ0v) is 16.3. The number of primary amides is 1. The van der Waals surface area contributed by atoms with E-state index in [9.17, 15) is 9.59 Å². The summed E-state index contributed by atoms with van der Waals surface area (Å²) in [5, 5.41) is 0. The fourth-order valence-corrected chi connectivity index (χ4v) is 3.89. The van der Waals surface area contributed by atoms with Gasteiger partial charge in [0.25, 0.3) is 0 Å². The average molecular weight is 374 g/mol. The molecule has 0 bridgehead atoms. The molecule has 27 heavy (non-hydrogen) atoms. The van der Waals surface area contributed by atoms with Gasteiger partial charge in [0.2, 0.25) is 11.8 Å². The highest BCUT2D eigenvalue weighted by Gasteiger charge is 2.31. The van der Waals surface area contributed by atoms with Crippen molar-refractivity contribution in [1.29, 1.82) is 0 Å². The number of hydrogen-bond acceptors (Lipinski definition) is 5. The van der Waals surface area contributed by atoms with Gasteiger partial charge in [-0.2, -0.15) is 0 Å². The van der Waals surface area contributed by atoms with Crippen molar-refractivity contribution in [2.24, 2.45) is 11.7 Å². The van der Waals surface area contributed by atoms with E-state index in [1.165, 1.54) is 0 Å². The molecule has 0 aliphatic carbocycles. The highest BCUT2D eigenvalue weighted by Crippen LogP contribution is 2.25. The fourth-order valence-electron chi connectivity index (χ4n) is 3.89. The van der Waals surface area contributed by atoms with Crippen LogP contribution in [0.3, 0.4) is 0 Å². The van der Waals surface area contributed by atoms with Gasteiger partial charge in [0.1, 0.15) is 12.4 Å². The molecule has 1 fully saturated rings. The van der Waals surface area contributed by atoms with E-state index in [2.05, 4.69) is 9.80 Å². The van der Waals surface area contributed by atoms with E-state index >= 15 is 0 Å². The normalized spacial score (nSPS) is 21.4. The minimum Gasteiger partial charge on any atom is -0.491 e. The first-order valence-electron chi connectivity index (χ1n) is 9.60. The Bertz CT molecular complexity index is 671. The highest BCUT2D eigenvalue weighted by atomic mass is 16.5. The summed E-state index contributed by atoms with van der Waals surface area (Å²) in [4.78, 5) is 30.7. The molecule has 2 aliphatic rings. The van der Waals surface area contributed by atoms with Crippen LogP contribution in [-0.2, 0) is 16.1 Å². The molecule has 7 nitrogen and oxygen atoms in total. The molecule has 7 heteroatoms. The zero-order chi connectivity index (χ0) is 19.4. The molecular weight excluding hydrogens is 344 g/mol. The van der Waals surface area contributed by atoms with Gasteiger partial charge in [0.15, 0.2) is 0 Å². The summed E-state index contributed by atoms with van der Waals surface area (Å²) in [7, 11) is 4.02. The van der Waals surface area contributed by atoms with Crippen LogP contribution in [0.4, 0.5) is 0 Å². The van der Waals surface area contributed by atoms with Crippen LogP contribution in [0.15, 0.2) is 24.3 Å². The molecule has 2 N–H and O–H groups in total. The summed E-state index contributed by atoms with van der Waals surface area (Å²) < 4.78 is 5.99. The minimum atomic E-state index is -0.228. The quantitative estimate of drug-likeness (QED) is 0.814. The maximum atomic E-state index is 13.2. The zero-order valence-electron chi connectivity index (χ0n) is 16.3. The monoisotopic (exact) mass is 374 g/mol. The highest BCUT2D eigenvalue weighted by molar-refractivity contribution is 5.79. The lowest BCUT2D eigenvalue weighted by atomic mass is 9.96. The molecule has 148 valence electrons. The van der Waals surface area contributed by atoms with Crippen LogP contribution in [0.25, 0.3) is 0 Å². The molecule has 2 amide bonds. The second-order valence-electron chi connectivity index (χ2n) is 7.81. The van der Waals surface area contributed by atoms with Gasteiger partial charge in [-0.15, -0.1) is 0 Å². The molecule has 1 saturated heterocycles. The van der Waals surface area contributed by atoms with Gasteiger partial charge >= 0.3 is 0 Å².